The van der Waals surface area contributed by atoms with Gasteiger partial charge in [-0.05, 0) is 6.92 Å². The second-order valence-corrected chi connectivity index (χ2v) is 4.53. The molecule has 0 atom stereocenters. The lowest BCUT2D eigenvalue weighted by Crippen LogP contribution is -2.26. The highest BCUT2D eigenvalue weighted by atomic mass is 35.5. The number of nitro benzene ring substituents is 2. The van der Waals surface area contributed by atoms with E-state index in [-0.39, 0.29) is 25.1 Å². The van der Waals surface area contributed by atoms with Gasteiger partial charge in [-0.3, -0.25) is 29.8 Å². The van der Waals surface area contributed by atoms with Gasteiger partial charge in [0.15, 0.2) is 5.02 Å². The largest absolute Gasteiger partial charge is 0.466 e. The van der Waals surface area contributed by atoms with Gasteiger partial charge in [-0.1, -0.05) is 11.6 Å². The van der Waals surface area contributed by atoms with E-state index in [1.807, 2.05) is 0 Å². The maximum atomic E-state index is 11.9. The van der Waals surface area contributed by atoms with Crippen LogP contribution in [0.5, 0.6) is 0 Å². The highest BCUT2D eigenvalue weighted by Crippen LogP contribution is 2.34. The summed E-state index contributed by atoms with van der Waals surface area (Å²) in [7, 11) is 0. The van der Waals surface area contributed by atoms with E-state index in [1.54, 1.807) is 6.92 Å². The molecule has 0 bridgehead atoms. The van der Waals surface area contributed by atoms with Crippen molar-refractivity contribution in [3.8, 4) is 0 Å². The lowest BCUT2D eigenvalue weighted by atomic mass is 10.1. The molecule has 1 N–H and O–H groups in total. The monoisotopic (exact) mass is 345 g/mol. The van der Waals surface area contributed by atoms with Gasteiger partial charge < -0.3 is 10.1 Å². The van der Waals surface area contributed by atoms with Crippen molar-refractivity contribution in [1.29, 1.82) is 0 Å². The lowest BCUT2D eigenvalue weighted by Gasteiger charge is -2.06. The molecule has 0 radical (unpaired) electrons. The predicted molar refractivity (Wildman–Crippen MR) is 78.3 cm³/mol. The van der Waals surface area contributed by atoms with Crippen molar-refractivity contribution < 1.29 is 24.2 Å². The van der Waals surface area contributed by atoms with Crippen molar-refractivity contribution in [2.75, 3.05) is 13.2 Å². The molecule has 0 saturated heterocycles. The minimum absolute atomic E-state index is 0.0815. The first-order valence-electron chi connectivity index (χ1n) is 6.34. The Morgan fingerprint density at radius 2 is 1.74 bits per heavy atom. The van der Waals surface area contributed by atoms with E-state index in [1.165, 1.54) is 0 Å². The summed E-state index contributed by atoms with van der Waals surface area (Å²) in [4.78, 5) is 42.9. The normalized spacial score (nSPS) is 10.0. The van der Waals surface area contributed by atoms with Gasteiger partial charge in [0.2, 0.25) is 0 Å². The zero-order chi connectivity index (χ0) is 17.6. The van der Waals surface area contributed by atoms with Crippen molar-refractivity contribution in [3.05, 3.63) is 42.9 Å². The number of nitro groups is 2. The van der Waals surface area contributed by atoms with E-state index in [9.17, 15) is 29.8 Å². The maximum Gasteiger partial charge on any atom is 0.307 e. The molecule has 10 nitrogen and oxygen atoms in total. The summed E-state index contributed by atoms with van der Waals surface area (Å²) in [5.41, 5.74) is -1.82. The van der Waals surface area contributed by atoms with Crippen LogP contribution in [0, 0.1) is 20.2 Å². The second kappa shape index (κ2) is 8.03. The van der Waals surface area contributed by atoms with Crippen LogP contribution in [0.3, 0.4) is 0 Å². The fourth-order valence-electron chi connectivity index (χ4n) is 1.60. The highest BCUT2D eigenvalue weighted by molar-refractivity contribution is 6.35. The van der Waals surface area contributed by atoms with E-state index in [0.717, 1.165) is 12.1 Å². The summed E-state index contributed by atoms with van der Waals surface area (Å²) in [5, 5.41) is 23.4. The van der Waals surface area contributed by atoms with Crippen LogP contribution >= 0.6 is 11.6 Å². The number of nitrogens with one attached hydrogen (secondary N) is 1. The molecule has 1 aromatic rings. The number of hydrogen-bond donors (Lipinski definition) is 1. The summed E-state index contributed by atoms with van der Waals surface area (Å²) in [6.07, 6.45) is -0.0998. The Balaban J connectivity index is 2.94. The standard InChI is InChI=1S/C12H12ClN3O7/c1-2-23-10(17)3-4-14-12(18)7-5-8(15(19)20)11(13)9(6-7)16(21)22/h5-6H,2-4H2,1H3,(H,14,18). The smallest absolute Gasteiger partial charge is 0.307 e. The van der Waals surface area contributed by atoms with Crippen molar-refractivity contribution >= 4 is 34.9 Å². The molecule has 0 aromatic heterocycles. The predicted octanol–water partition coefficient (Wildman–Crippen LogP) is 1.84. The Morgan fingerprint density at radius 1 is 1.22 bits per heavy atom. The zero-order valence-electron chi connectivity index (χ0n) is 11.9. The number of esters is 1. The SMILES string of the molecule is CCOC(=O)CCNC(=O)c1cc([N+](=O)[O-])c(Cl)c([N+](=O)[O-])c1. The quantitative estimate of drug-likeness (QED) is 0.451. The molecular formula is C12H12ClN3O7. The van der Waals surface area contributed by atoms with Gasteiger partial charge in [-0.2, -0.15) is 0 Å². The molecule has 1 aromatic carbocycles. The Morgan fingerprint density at radius 3 is 2.17 bits per heavy atom. The first-order valence-corrected chi connectivity index (χ1v) is 6.71. The van der Waals surface area contributed by atoms with Crippen LogP contribution in [0.2, 0.25) is 5.02 Å². The number of hydrogen-bond acceptors (Lipinski definition) is 7. The van der Waals surface area contributed by atoms with Crippen LogP contribution in [0.4, 0.5) is 11.4 Å². The average molecular weight is 346 g/mol. The first-order chi connectivity index (χ1) is 10.8. The molecule has 11 heteroatoms. The van der Waals surface area contributed by atoms with Gasteiger partial charge in [-0.15, -0.1) is 0 Å². The fraction of sp³-hybridized carbons (Fsp3) is 0.333. The summed E-state index contributed by atoms with van der Waals surface area (Å²) in [6, 6.07) is 1.66. The zero-order valence-corrected chi connectivity index (χ0v) is 12.7. The molecule has 0 fully saturated rings. The van der Waals surface area contributed by atoms with Crippen LogP contribution in [0.1, 0.15) is 23.7 Å². The van der Waals surface area contributed by atoms with Crippen molar-refractivity contribution in [2.24, 2.45) is 0 Å². The third-order valence-corrected chi connectivity index (χ3v) is 3.00. The molecule has 0 unspecified atom stereocenters. The number of carbonyl (C=O) groups is 2. The minimum atomic E-state index is -0.926. The van der Waals surface area contributed by atoms with E-state index in [4.69, 9.17) is 11.6 Å². The molecule has 1 amide bonds. The van der Waals surface area contributed by atoms with Crippen LogP contribution in [-0.2, 0) is 9.53 Å². The fourth-order valence-corrected chi connectivity index (χ4v) is 1.85. The Hall–Kier alpha value is -2.75. The second-order valence-electron chi connectivity index (χ2n) is 4.15. The molecule has 0 heterocycles. The molecular weight excluding hydrogens is 334 g/mol. The molecule has 124 valence electrons. The molecule has 0 saturated carbocycles. The lowest BCUT2D eigenvalue weighted by molar-refractivity contribution is -0.393. The highest BCUT2D eigenvalue weighted by Gasteiger charge is 2.27. The van der Waals surface area contributed by atoms with Gasteiger partial charge >= 0.3 is 5.97 Å². The molecule has 1 rings (SSSR count). The van der Waals surface area contributed by atoms with E-state index in [0.29, 0.717) is 0 Å². The van der Waals surface area contributed by atoms with E-state index >= 15 is 0 Å². The molecule has 0 aliphatic rings. The maximum absolute atomic E-state index is 11.9. The summed E-state index contributed by atoms with van der Waals surface area (Å²) >= 11 is 5.58. The minimum Gasteiger partial charge on any atom is -0.466 e. The Bertz CT molecular complexity index is 627. The summed E-state index contributed by atoms with van der Waals surface area (Å²) < 4.78 is 4.66. The molecule has 0 spiro atoms. The Labute approximate surface area is 134 Å². The number of ether oxygens (including phenoxy) is 1. The first kappa shape index (κ1) is 18.3. The Kier molecular flexibility index (Phi) is 6.39. The third kappa shape index (κ3) is 4.88. The molecule has 0 aliphatic heterocycles. The number of benzene rings is 1. The van der Waals surface area contributed by atoms with Crippen molar-refractivity contribution in [1.82, 2.24) is 5.32 Å². The van der Waals surface area contributed by atoms with Gasteiger partial charge in [0.05, 0.1) is 28.4 Å². The number of carbonyl (C=O) groups excluding carboxylic acids is 2. The van der Waals surface area contributed by atoms with Gasteiger partial charge in [0.25, 0.3) is 17.3 Å². The van der Waals surface area contributed by atoms with Gasteiger partial charge in [0, 0.05) is 18.7 Å². The van der Waals surface area contributed by atoms with Crippen molar-refractivity contribution in [2.45, 2.75) is 13.3 Å². The van der Waals surface area contributed by atoms with Gasteiger partial charge in [0.1, 0.15) is 0 Å². The van der Waals surface area contributed by atoms with Crippen molar-refractivity contribution in [3.63, 3.8) is 0 Å². The van der Waals surface area contributed by atoms with Crippen LogP contribution in [-0.4, -0.2) is 34.9 Å². The summed E-state index contributed by atoms with van der Waals surface area (Å²) in [5.74, 6) is -1.34. The molecule has 0 aliphatic carbocycles. The van der Waals surface area contributed by atoms with E-state index in [2.05, 4.69) is 10.1 Å². The average Bonchev–Trinajstić information content (AvgIpc) is 2.46. The van der Waals surface area contributed by atoms with Crippen LogP contribution in [0.15, 0.2) is 12.1 Å². The number of nitrogens with zero attached hydrogens (tertiary/aromatic N) is 2. The summed E-state index contributed by atoms with van der Waals surface area (Å²) in [6.45, 7) is 1.74. The molecule has 23 heavy (non-hydrogen) atoms. The number of halogens is 1. The number of amides is 1. The topological polar surface area (TPSA) is 142 Å². The third-order valence-electron chi connectivity index (χ3n) is 2.61. The number of rotatable bonds is 7. The van der Waals surface area contributed by atoms with E-state index < -0.39 is 38.1 Å². The van der Waals surface area contributed by atoms with Gasteiger partial charge in [-0.25, -0.2) is 0 Å². The van der Waals surface area contributed by atoms with Crippen LogP contribution in [0.25, 0.3) is 0 Å². The van der Waals surface area contributed by atoms with Crippen LogP contribution < -0.4 is 5.32 Å².